The lowest BCUT2D eigenvalue weighted by Crippen LogP contribution is -2.38. The molecule has 1 atom stereocenters. The molecular weight excluding hydrogens is 464 g/mol. The van der Waals surface area contributed by atoms with E-state index >= 15 is 0 Å². The second kappa shape index (κ2) is 10.7. The molecular formula is C25H24N6O5. The van der Waals surface area contributed by atoms with Crippen molar-refractivity contribution in [3.63, 3.8) is 0 Å². The first-order chi connectivity index (χ1) is 17.4. The number of nitrogens with one attached hydrogen (secondary N) is 2. The summed E-state index contributed by atoms with van der Waals surface area (Å²) in [6, 6.07) is 10.9. The minimum Gasteiger partial charge on any atom is -0.465 e. The summed E-state index contributed by atoms with van der Waals surface area (Å²) in [5, 5.41) is 21.3. The maximum Gasteiger partial charge on any atom is 0.407 e. The van der Waals surface area contributed by atoms with Crippen LogP contribution in [-0.4, -0.2) is 56.1 Å². The molecule has 4 rings (SSSR count). The average molecular weight is 489 g/mol. The molecule has 3 aromatic rings. The van der Waals surface area contributed by atoms with Crippen molar-refractivity contribution in [2.45, 2.75) is 32.2 Å². The number of carboxylic acid groups (broad SMARTS) is 1. The minimum atomic E-state index is -1.04. The number of aromatic amines is 1. The van der Waals surface area contributed by atoms with Crippen molar-refractivity contribution >= 4 is 23.8 Å². The van der Waals surface area contributed by atoms with Gasteiger partial charge in [0.15, 0.2) is 5.69 Å². The summed E-state index contributed by atoms with van der Waals surface area (Å²) in [4.78, 5) is 50.0. The molecule has 11 nitrogen and oxygen atoms in total. The molecule has 1 aromatic carbocycles. The summed E-state index contributed by atoms with van der Waals surface area (Å²) in [7, 11) is 0. The van der Waals surface area contributed by atoms with Crippen LogP contribution in [0.5, 0.6) is 0 Å². The molecule has 184 valence electrons. The van der Waals surface area contributed by atoms with Crippen LogP contribution in [0.2, 0.25) is 0 Å². The highest BCUT2D eigenvalue weighted by Gasteiger charge is 2.32. The Kier molecular flexibility index (Phi) is 7.25. The van der Waals surface area contributed by atoms with Crippen molar-refractivity contribution in [3.8, 4) is 17.3 Å². The highest BCUT2D eigenvalue weighted by atomic mass is 16.5. The number of aromatic nitrogens is 3. The van der Waals surface area contributed by atoms with E-state index in [1.165, 1.54) is 23.2 Å². The van der Waals surface area contributed by atoms with Gasteiger partial charge in [-0.25, -0.2) is 19.6 Å². The lowest BCUT2D eigenvalue weighted by molar-refractivity contribution is 0.0520. The van der Waals surface area contributed by atoms with Crippen LogP contribution in [0.15, 0.2) is 42.6 Å². The van der Waals surface area contributed by atoms with E-state index in [2.05, 4.69) is 20.3 Å². The highest BCUT2D eigenvalue weighted by molar-refractivity contribution is 6.04. The first kappa shape index (κ1) is 24.4. The summed E-state index contributed by atoms with van der Waals surface area (Å²) < 4.78 is 5.18. The predicted molar refractivity (Wildman–Crippen MR) is 128 cm³/mol. The number of rotatable bonds is 6. The zero-order chi connectivity index (χ0) is 25.7. The zero-order valence-electron chi connectivity index (χ0n) is 19.5. The van der Waals surface area contributed by atoms with E-state index in [1.54, 1.807) is 31.2 Å². The smallest absolute Gasteiger partial charge is 0.407 e. The van der Waals surface area contributed by atoms with Crippen molar-refractivity contribution in [1.82, 2.24) is 19.9 Å². The molecule has 0 spiro atoms. The monoisotopic (exact) mass is 488 g/mol. The Morgan fingerprint density at radius 3 is 2.72 bits per heavy atom. The van der Waals surface area contributed by atoms with Crippen molar-refractivity contribution < 1.29 is 24.2 Å². The first-order valence-corrected chi connectivity index (χ1v) is 11.5. The molecule has 2 aromatic heterocycles. The summed E-state index contributed by atoms with van der Waals surface area (Å²) in [5.41, 5.74) is 1.70. The Labute approximate surface area is 206 Å². The molecule has 2 amide bonds. The largest absolute Gasteiger partial charge is 0.465 e. The molecule has 1 fully saturated rings. The Morgan fingerprint density at radius 2 is 2.03 bits per heavy atom. The van der Waals surface area contributed by atoms with E-state index in [9.17, 15) is 19.5 Å². The van der Waals surface area contributed by atoms with E-state index in [4.69, 9.17) is 10.00 Å². The second-order valence-corrected chi connectivity index (χ2v) is 8.13. The number of amides is 2. The zero-order valence-corrected chi connectivity index (χ0v) is 19.5. The van der Waals surface area contributed by atoms with Crippen molar-refractivity contribution in [1.29, 1.82) is 5.26 Å². The maximum atomic E-state index is 12.7. The predicted octanol–water partition coefficient (Wildman–Crippen LogP) is 3.98. The minimum absolute atomic E-state index is 0.123. The van der Waals surface area contributed by atoms with Gasteiger partial charge in [-0.15, -0.1) is 0 Å². The fraction of sp³-hybridized carbons (Fsp3) is 0.280. The molecule has 0 radical (unpaired) electrons. The molecule has 0 unspecified atom stereocenters. The number of imidazole rings is 1. The Bertz CT molecular complexity index is 1330. The van der Waals surface area contributed by atoms with Gasteiger partial charge in [0.1, 0.15) is 17.3 Å². The van der Waals surface area contributed by atoms with E-state index in [0.29, 0.717) is 41.2 Å². The number of benzene rings is 1. The number of ether oxygens (including phenoxy) is 1. The molecule has 0 saturated carbocycles. The van der Waals surface area contributed by atoms with Crippen LogP contribution in [0.4, 0.5) is 10.6 Å². The first-order valence-electron chi connectivity index (χ1n) is 11.5. The van der Waals surface area contributed by atoms with Crippen LogP contribution in [0.1, 0.15) is 64.5 Å². The number of likely N-dealkylation sites (tertiary alicyclic amines) is 1. The van der Waals surface area contributed by atoms with Gasteiger partial charge >= 0.3 is 12.1 Å². The van der Waals surface area contributed by atoms with E-state index < -0.39 is 24.0 Å². The number of esters is 1. The van der Waals surface area contributed by atoms with Gasteiger partial charge in [0.2, 0.25) is 0 Å². The summed E-state index contributed by atoms with van der Waals surface area (Å²) in [5.74, 6) is -0.397. The third-order valence-electron chi connectivity index (χ3n) is 5.82. The number of nitriles is 1. The topological polar surface area (TPSA) is 161 Å². The van der Waals surface area contributed by atoms with Crippen LogP contribution in [0.3, 0.4) is 0 Å². The van der Waals surface area contributed by atoms with Gasteiger partial charge in [-0.05, 0) is 50.5 Å². The van der Waals surface area contributed by atoms with Gasteiger partial charge in [0.25, 0.3) is 5.91 Å². The SMILES string of the molecule is CCOC(=O)c1[nH]c([C@@H]2CCCCN2C(=O)O)nc1-c1ccc(C(=O)Nc2cc(C#N)ccn2)cc1. The fourth-order valence-electron chi connectivity index (χ4n) is 4.09. The number of piperidine rings is 1. The van der Waals surface area contributed by atoms with Crippen LogP contribution >= 0.6 is 0 Å². The number of hydrogen-bond donors (Lipinski definition) is 3. The number of carbonyl (C=O) groups excluding carboxylic acids is 2. The molecule has 1 aliphatic rings. The highest BCUT2D eigenvalue weighted by Crippen LogP contribution is 2.32. The van der Waals surface area contributed by atoms with Crippen molar-refractivity contribution in [2.24, 2.45) is 0 Å². The molecule has 3 heterocycles. The molecule has 0 aliphatic carbocycles. The van der Waals surface area contributed by atoms with Crippen LogP contribution in [0, 0.1) is 11.3 Å². The lowest BCUT2D eigenvalue weighted by atomic mass is 10.0. The number of carbonyl (C=O) groups is 3. The number of hydrogen-bond acceptors (Lipinski definition) is 7. The number of pyridine rings is 1. The van der Waals surface area contributed by atoms with Crippen LogP contribution < -0.4 is 5.32 Å². The Balaban J connectivity index is 1.62. The molecule has 0 bridgehead atoms. The average Bonchev–Trinajstić information content (AvgIpc) is 3.34. The van der Waals surface area contributed by atoms with E-state index in [0.717, 1.165) is 12.8 Å². The van der Waals surface area contributed by atoms with Gasteiger partial charge in [-0.1, -0.05) is 12.1 Å². The number of H-pyrrole nitrogens is 1. The summed E-state index contributed by atoms with van der Waals surface area (Å²) in [6.45, 7) is 2.24. The third-order valence-corrected chi connectivity index (χ3v) is 5.82. The normalized spacial score (nSPS) is 15.1. The molecule has 1 aliphatic heterocycles. The van der Waals surface area contributed by atoms with Crippen LogP contribution in [-0.2, 0) is 4.74 Å². The number of nitrogens with zero attached hydrogens (tertiary/aromatic N) is 4. The maximum absolute atomic E-state index is 12.7. The summed E-state index contributed by atoms with van der Waals surface area (Å²) >= 11 is 0. The molecule has 1 saturated heterocycles. The molecule has 11 heteroatoms. The van der Waals surface area contributed by atoms with E-state index in [1.807, 2.05) is 6.07 Å². The summed E-state index contributed by atoms with van der Waals surface area (Å²) in [6.07, 6.45) is 2.58. The van der Waals surface area contributed by atoms with Gasteiger partial charge in [-0.3, -0.25) is 9.69 Å². The van der Waals surface area contributed by atoms with Gasteiger partial charge in [-0.2, -0.15) is 5.26 Å². The fourth-order valence-corrected chi connectivity index (χ4v) is 4.09. The Morgan fingerprint density at radius 1 is 1.25 bits per heavy atom. The van der Waals surface area contributed by atoms with Gasteiger partial charge in [0, 0.05) is 23.9 Å². The number of anilines is 1. The van der Waals surface area contributed by atoms with Gasteiger partial charge in [0.05, 0.1) is 24.3 Å². The van der Waals surface area contributed by atoms with E-state index in [-0.39, 0.29) is 18.1 Å². The third kappa shape index (κ3) is 5.17. The van der Waals surface area contributed by atoms with Crippen LogP contribution in [0.25, 0.3) is 11.3 Å². The molecule has 3 N–H and O–H groups in total. The Hall–Kier alpha value is -4.72. The standard InChI is InChI=1S/C25H24N6O5/c1-2-36-24(33)21-20(29-22(30-21)18-5-3-4-12-31(18)25(34)35)16-6-8-17(9-7-16)23(32)28-19-13-15(14-26)10-11-27-19/h6-11,13,18H,2-5,12H2,1H3,(H,29,30)(H,34,35)(H,27,28,32)/t18-/m0/s1. The van der Waals surface area contributed by atoms with Crippen molar-refractivity contribution in [3.05, 3.63) is 65.2 Å². The second-order valence-electron chi connectivity index (χ2n) is 8.13. The molecule has 36 heavy (non-hydrogen) atoms. The quantitative estimate of drug-likeness (QED) is 0.439. The van der Waals surface area contributed by atoms with Gasteiger partial charge < -0.3 is 20.1 Å². The van der Waals surface area contributed by atoms with Crippen molar-refractivity contribution in [2.75, 3.05) is 18.5 Å². The lowest BCUT2D eigenvalue weighted by Gasteiger charge is -2.32.